The number of fused-ring (bicyclic) bond motifs is 1. The summed E-state index contributed by atoms with van der Waals surface area (Å²) >= 11 is 0. The van der Waals surface area contributed by atoms with Crippen molar-refractivity contribution in [2.45, 2.75) is 26.7 Å². The van der Waals surface area contributed by atoms with Crippen molar-refractivity contribution in [3.8, 4) is 5.75 Å². The summed E-state index contributed by atoms with van der Waals surface area (Å²) in [6.07, 6.45) is 0. The largest absolute Gasteiger partial charge is 0.497 e. The van der Waals surface area contributed by atoms with E-state index in [0.29, 0.717) is 11.8 Å². The number of methoxy groups -OCH3 is 1. The Bertz CT molecular complexity index is 514. The van der Waals surface area contributed by atoms with Gasteiger partial charge in [-0.05, 0) is 40.3 Å². The standard InChI is InChI=1S/C16H20O/c1-11(2)12(3)13-5-6-15-10-16(17-4)8-7-14(15)9-13/h5-12H,1-4H3. The summed E-state index contributed by atoms with van der Waals surface area (Å²) in [6, 6.07) is 12.9. The van der Waals surface area contributed by atoms with E-state index in [2.05, 4.69) is 51.1 Å². The molecule has 0 fully saturated rings. The van der Waals surface area contributed by atoms with Gasteiger partial charge in [0.15, 0.2) is 0 Å². The summed E-state index contributed by atoms with van der Waals surface area (Å²) < 4.78 is 5.24. The zero-order valence-corrected chi connectivity index (χ0v) is 11.0. The first-order valence-corrected chi connectivity index (χ1v) is 6.19. The first kappa shape index (κ1) is 12.0. The lowest BCUT2D eigenvalue weighted by Gasteiger charge is -2.16. The maximum Gasteiger partial charge on any atom is 0.119 e. The Balaban J connectivity index is 2.44. The van der Waals surface area contributed by atoms with Gasteiger partial charge >= 0.3 is 0 Å². The molecule has 0 bridgehead atoms. The maximum absolute atomic E-state index is 5.24. The molecule has 17 heavy (non-hydrogen) atoms. The van der Waals surface area contributed by atoms with Gasteiger partial charge in [0.05, 0.1) is 7.11 Å². The third kappa shape index (κ3) is 2.44. The van der Waals surface area contributed by atoms with Gasteiger partial charge in [-0.1, -0.05) is 45.0 Å². The summed E-state index contributed by atoms with van der Waals surface area (Å²) in [5.41, 5.74) is 1.41. The summed E-state index contributed by atoms with van der Waals surface area (Å²) in [5, 5.41) is 2.53. The highest BCUT2D eigenvalue weighted by Crippen LogP contribution is 2.28. The molecule has 0 aliphatic heterocycles. The third-order valence-electron chi connectivity index (χ3n) is 3.60. The molecule has 0 radical (unpaired) electrons. The second kappa shape index (κ2) is 4.79. The molecule has 2 aromatic rings. The van der Waals surface area contributed by atoms with E-state index < -0.39 is 0 Å². The van der Waals surface area contributed by atoms with Crippen LogP contribution in [0.25, 0.3) is 10.8 Å². The average Bonchev–Trinajstić information content (AvgIpc) is 2.36. The molecule has 0 aliphatic carbocycles. The molecule has 0 aliphatic rings. The van der Waals surface area contributed by atoms with E-state index in [1.54, 1.807) is 7.11 Å². The molecule has 0 spiro atoms. The Labute approximate surface area is 103 Å². The minimum absolute atomic E-state index is 0.599. The molecule has 0 aromatic heterocycles. The highest BCUT2D eigenvalue weighted by molar-refractivity contribution is 5.84. The van der Waals surface area contributed by atoms with E-state index in [9.17, 15) is 0 Å². The van der Waals surface area contributed by atoms with Crippen LogP contribution in [-0.4, -0.2) is 7.11 Å². The molecule has 0 saturated carbocycles. The monoisotopic (exact) mass is 228 g/mol. The van der Waals surface area contributed by atoms with Crippen molar-refractivity contribution >= 4 is 10.8 Å². The van der Waals surface area contributed by atoms with Crippen LogP contribution in [0.2, 0.25) is 0 Å². The molecular weight excluding hydrogens is 208 g/mol. The van der Waals surface area contributed by atoms with Gasteiger partial charge in [-0.25, -0.2) is 0 Å². The summed E-state index contributed by atoms with van der Waals surface area (Å²) in [7, 11) is 1.70. The van der Waals surface area contributed by atoms with Crippen molar-refractivity contribution in [2.75, 3.05) is 7.11 Å². The van der Waals surface area contributed by atoms with Crippen molar-refractivity contribution in [3.63, 3.8) is 0 Å². The van der Waals surface area contributed by atoms with Crippen LogP contribution in [-0.2, 0) is 0 Å². The molecule has 90 valence electrons. The Morgan fingerprint density at radius 2 is 1.53 bits per heavy atom. The normalized spacial score (nSPS) is 13.0. The summed E-state index contributed by atoms with van der Waals surface area (Å²) in [4.78, 5) is 0. The van der Waals surface area contributed by atoms with E-state index in [1.165, 1.54) is 16.3 Å². The van der Waals surface area contributed by atoms with Crippen molar-refractivity contribution in [2.24, 2.45) is 5.92 Å². The second-order valence-corrected chi connectivity index (χ2v) is 5.01. The van der Waals surface area contributed by atoms with E-state index in [-0.39, 0.29) is 0 Å². The third-order valence-corrected chi connectivity index (χ3v) is 3.60. The Morgan fingerprint density at radius 1 is 0.882 bits per heavy atom. The number of ether oxygens (including phenoxy) is 1. The molecule has 0 saturated heterocycles. The van der Waals surface area contributed by atoms with Gasteiger partial charge in [0.1, 0.15) is 5.75 Å². The van der Waals surface area contributed by atoms with Gasteiger partial charge in [0.2, 0.25) is 0 Å². The molecule has 0 heterocycles. The van der Waals surface area contributed by atoms with Crippen molar-refractivity contribution in [1.29, 1.82) is 0 Å². The Hall–Kier alpha value is -1.50. The van der Waals surface area contributed by atoms with Crippen LogP contribution in [0, 0.1) is 5.92 Å². The lowest BCUT2D eigenvalue weighted by Crippen LogP contribution is -2.01. The molecule has 1 unspecified atom stereocenters. The molecule has 2 rings (SSSR count). The van der Waals surface area contributed by atoms with Crippen molar-refractivity contribution in [1.82, 2.24) is 0 Å². The highest BCUT2D eigenvalue weighted by Gasteiger charge is 2.10. The first-order valence-electron chi connectivity index (χ1n) is 6.19. The lowest BCUT2D eigenvalue weighted by atomic mass is 9.89. The van der Waals surface area contributed by atoms with Crippen molar-refractivity contribution in [3.05, 3.63) is 42.0 Å². The van der Waals surface area contributed by atoms with Crippen LogP contribution in [0.3, 0.4) is 0 Å². The van der Waals surface area contributed by atoms with Crippen LogP contribution in [0.4, 0.5) is 0 Å². The van der Waals surface area contributed by atoms with Gasteiger partial charge in [-0.2, -0.15) is 0 Å². The van der Waals surface area contributed by atoms with E-state index in [0.717, 1.165) is 5.75 Å². The van der Waals surface area contributed by atoms with Crippen LogP contribution in [0.15, 0.2) is 36.4 Å². The number of hydrogen-bond donors (Lipinski definition) is 0. The van der Waals surface area contributed by atoms with Crippen LogP contribution in [0.1, 0.15) is 32.3 Å². The van der Waals surface area contributed by atoms with Gasteiger partial charge in [0.25, 0.3) is 0 Å². The van der Waals surface area contributed by atoms with Gasteiger partial charge in [0, 0.05) is 0 Å². The van der Waals surface area contributed by atoms with E-state index in [4.69, 9.17) is 4.74 Å². The van der Waals surface area contributed by atoms with Gasteiger partial charge < -0.3 is 4.74 Å². The number of hydrogen-bond acceptors (Lipinski definition) is 1. The molecule has 1 heteroatoms. The minimum Gasteiger partial charge on any atom is -0.497 e. The fourth-order valence-electron chi connectivity index (χ4n) is 2.04. The van der Waals surface area contributed by atoms with E-state index >= 15 is 0 Å². The molecular formula is C16H20O. The lowest BCUT2D eigenvalue weighted by molar-refractivity contribution is 0.415. The number of rotatable bonds is 3. The Kier molecular flexibility index (Phi) is 3.37. The Morgan fingerprint density at radius 3 is 2.18 bits per heavy atom. The van der Waals surface area contributed by atoms with Crippen LogP contribution < -0.4 is 4.74 Å². The topological polar surface area (TPSA) is 9.23 Å². The van der Waals surface area contributed by atoms with Gasteiger partial charge in [-0.3, -0.25) is 0 Å². The first-order chi connectivity index (χ1) is 8.11. The smallest absolute Gasteiger partial charge is 0.119 e. The molecule has 1 nitrogen and oxygen atoms in total. The van der Waals surface area contributed by atoms with Gasteiger partial charge in [-0.15, -0.1) is 0 Å². The van der Waals surface area contributed by atoms with Crippen LogP contribution in [0.5, 0.6) is 5.75 Å². The van der Waals surface area contributed by atoms with Crippen LogP contribution >= 0.6 is 0 Å². The summed E-state index contributed by atoms with van der Waals surface area (Å²) in [5.74, 6) is 2.19. The molecule has 0 amide bonds. The predicted molar refractivity (Wildman–Crippen MR) is 73.8 cm³/mol. The second-order valence-electron chi connectivity index (χ2n) is 5.01. The maximum atomic E-state index is 5.24. The fourth-order valence-corrected chi connectivity index (χ4v) is 2.04. The fraction of sp³-hybridized carbons (Fsp3) is 0.375. The minimum atomic E-state index is 0.599. The SMILES string of the molecule is COc1ccc2cc(C(C)C(C)C)ccc2c1. The highest BCUT2D eigenvalue weighted by atomic mass is 16.5. The molecule has 0 N–H and O–H groups in total. The summed E-state index contributed by atoms with van der Waals surface area (Å²) in [6.45, 7) is 6.82. The molecule has 2 aromatic carbocycles. The predicted octanol–water partition coefficient (Wildman–Crippen LogP) is 4.61. The van der Waals surface area contributed by atoms with Crippen molar-refractivity contribution < 1.29 is 4.74 Å². The number of benzene rings is 2. The quantitative estimate of drug-likeness (QED) is 0.745. The zero-order valence-electron chi connectivity index (χ0n) is 11.0. The molecule has 1 atom stereocenters. The zero-order chi connectivity index (χ0) is 12.4. The van der Waals surface area contributed by atoms with E-state index in [1.807, 2.05) is 6.07 Å². The average molecular weight is 228 g/mol.